The van der Waals surface area contributed by atoms with Crippen LogP contribution >= 0.6 is 0 Å². The molecular formula is C21H26F3N7O4. The van der Waals surface area contributed by atoms with E-state index in [2.05, 4.69) is 20.4 Å². The van der Waals surface area contributed by atoms with Crippen molar-refractivity contribution in [1.29, 1.82) is 0 Å². The summed E-state index contributed by atoms with van der Waals surface area (Å²) in [6, 6.07) is -0.547. The van der Waals surface area contributed by atoms with Crippen LogP contribution in [0.4, 0.5) is 24.8 Å². The van der Waals surface area contributed by atoms with Crippen molar-refractivity contribution in [2.24, 2.45) is 0 Å². The predicted octanol–water partition coefficient (Wildman–Crippen LogP) is 1.07. The molecule has 2 aromatic rings. The third-order valence-electron chi connectivity index (χ3n) is 5.71. The molecule has 1 atom stereocenters. The molecule has 0 bridgehead atoms. The van der Waals surface area contributed by atoms with Crippen LogP contribution in [0.1, 0.15) is 24.5 Å². The Morgan fingerprint density at radius 2 is 2.06 bits per heavy atom. The Labute approximate surface area is 198 Å². The Hall–Kier alpha value is -3.42. The molecule has 14 heteroatoms. The molecule has 1 amide bonds. The molecule has 0 aromatic carbocycles. The number of amides is 1. The summed E-state index contributed by atoms with van der Waals surface area (Å²) >= 11 is 0. The second-order valence-corrected chi connectivity index (χ2v) is 8.32. The molecule has 4 rings (SSSR count). The lowest BCUT2D eigenvalue weighted by atomic mass is 10.2. The summed E-state index contributed by atoms with van der Waals surface area (Å²) < 4.78 is 50.4. The van der Waals surface area contributed by atoms with E-state index in [1.807, 2.05) is 4.90 Å². The summed E-state index contributed by atoms with van der Waals surface area (Å²) in [7, 11) is 0. The van der Waals surface area contributed by atoms with Crippen molar-refractivity contribution in [3.63, 3.8) is 0 Å². The van der Waals surface area contributed by atoms with Crippen LogP contribution in [-0.2, 0) is 22.1 Å². The molecule has 0 spiro atoms. The van der Waals surface area contributed by atoms with Crippen LogP contribution in [0.15, 0.2) is 17.2 Å². The van der Waals surface area contributed by atoms with Gasteiger partial charge in [0.25, 0.3) is 5.56 Å². The van der Waals surface area contributed by atoms with E-state index in [9.17, 15) is 22.8 Å². The van der Waals surface area contributed by atoms with Gasteiger partial charge in [0.2, 0.25) is 17.7 Å². The van der Waals surface area contributed by atoms with E-state index >= 15 is 0 Å². The molecule has 0 unspecified atom stereocenters. The van der Waals surface area contributed by atoms with Crippen molar-refractivity contribution in [3.8, 4) is 5.88 Å². The second-order valence-electron chi connectivity index (χ2n) is 8.32. The highest BCUT2D eigenvalue weighted by atomic mass is 19.4. The fraction of sp³-hybridized carbons (Fsp3) is 0.571. The number of nitrogens with one attached hydrogen (secondary N) is 2. The van der Waals surface area contributed by atoms with Crippen molar-refractivity contribution in [3.05, 3.63) is 33.9 Å². The van der Waals surface area contributed by atoms with E-state index in [1.165, 1.54) is 0 Å². The summed E-state index contributed by atoms with van der Waals surface area (Å²) in [4.78, 5) is 36.6. The SMILES string of the molecule is C[C@@H](COCCC(=O)N1CCN(c2ncc3c(n2)OCC3)CC1)Nc1cn[nH]c(=O)c1C(F)(F)F. The van der Waals surface area contributed by atoms with Crippen molar-refractivity contribution in [1.82, 2.24) is 25.1 Å². The largest absolute Gasteiger partial charge is 0.477 e. The van der Waals surface area contributed by atoms with Crippen LogP contribution in [0.3, 0.4) is 0 Å². The van der Waals surface area contributed by atoms with Crippen molar-refractivity contribution < 1.29 is 27.4 Å². The Balaban J connectivity index is 1.18. The van der Waals surface area contributed by atoms with Gasteiger partial charge >= 0.3 is 6.18 Å². The van der Waals surface area contributed by atoms with Gasteiger partial charge < -0.3 is 24.6 Å². The average Bonchev–Trinajstić information content (AvgIpc) is 3.29. The monoisotopic (exact) mass is 497 g/mol. The summed E-state index contributed by atoms with van der Waals surface area (Å²) in [5.41, 5.74) is -2.09. The van der Waals surface area contributed by atoms with E-state index in [0.29, 0.717) is 44.6 Å². The van der Waals surface area contributed by atoms with Gasteiger partial charge in [0.05, 0.1) is 38.1 Å². The predicted molar refractivity (Wildman–Crippen MR) is 118 cm³/mol. The highest BCUT2D eigenvalue weighted by molar-refractivity contribution is 5.76. The zero-order chi connectivity index (χ0) is 25.0. The Morgan fingerprint density at radius 3 is 2.80 bits per heavy atom. The molecule has 35 heavy (non-hydrogen) atoms. The fourth-order valence-corrected chi connectivity index (χ4v) is 3.92. The molecule has 2 aliphatic rings. The first kappa shape index (κ1) is 24.7. The van der Waals surface area contributed by atoms with Crippen LogP contribution in [-0.4, -0.2) is 83.0 Å². The quantitative estimate of drug-likeness (QED) is 0.515. The lowest BCUT2D eigenvalue weighted by molar-refractivity contribution is -0.138. The summed E-state index contributed by atoms with van der Waals surface area (Å²) in [5, 5.41) is 7.79. The highest BCUT2D eigenvalue weighted by Gasteiger charge is 2.37. The van der Waals surface area contributed by atoms with Crippen LogP contribution in [0, 0.1) is 0 Å². The van der Waals surface area contributed by atoms with Crippen LogP contribution < -0.4 is 20.5 Å². The topological polar surface area (TPSA) is 126 Å². The van der Waals surface area contributed by atoms with E-state index < -0.39 is 29.0 Å². The van der Waals surface area contributed by atoms with E-state index in [4.69, 9.17) is 9.47 Å². The number of aromatic nitrogens is 4. The van der Waals surface area contributed by atoms with Crippen molar-refractivity contribution in [2.45, 2.75) is 32.0 Å². The third-order valence-corrected chi connectivity index (χ3v) is 5.71. The van der Waals surface area contributed by atoms with Gasteiger partial charge in [-0.15, -0.1) is 0 Å². The van der Waals surface area contributed by atoms with Crippen molar-refractivity contribution in [2.75, 3.05) is 56.2 Å². The average molecular weight is 497 g/mol. The number of alkyl halides is 3. The maximum Gasteiger partial charge on any atom is 0.423 e. The van der Waals surface area contributed by atoms with Gasteiger partial charge in [-0.05, 0) is 6.92 Å². The van der Waals surface area contributed by atoms with Gasteiger partial charge in [0, 0.05) is 50.4 Å². The number of ether oxygens (including phenoxy) is 2. The lowest BCUT2D eigenvalue weighted by Crippen LogP contribution is -2.49. The standard InChI is InChI=1S/C21H26F3N7O4/c1-13(27-15-11-26-29-18(33)17(15)21(22,23)24)12-34-8-3-16(32)30-4-6-31(7-5-30)20-25-10-14-2-9-35-19(14)28-20/h10-11,13H,2-9,12H2,1H3,(H2,27,29,33)/t13-/m0/s1. The van der Waals surface area contributed by atoms with E-state index in [1.54, 1.807) is 23.1 Å². The zero-order valence-corrected chi connectivity index (χ0v) is 19.1. The number of fused-ring (bicyclic) bond motifs is 1. The minimum absolute atomic E-state index is 0.0445. The number of aromatic amines is 1. The first-order valence-electron chi connectivity index (χ1n) is 11.2. The lowest BCUT2D eigenvalue weighted by Gasteiger charge is -2.34. The molecule has 1 fully saturated rings. The first-order valence-corrected chi connectivity index (χ1v) is 11.2. The maximum absolute atomic E-state index is 13.1. The molecule has 0 radical (unpaired) electrons. The molecule has 11 nitrogen and oxygen atoms in total. The van der Waals surface area contributed by atoms with Gasteiger partial charge in [-0.1, -0.05) is 0 Å². The number of hydrogen-bond donors (Lipinski definition) is 2. The van der Waals surface area contributed by atoms with E-state index in [0.717, 1.165) is 18.2 Å². The van der Waals surface area contributed by atoms with Crippen LogP contribution in [0.25, 0.3) is 0 Å². The Morgan fingerprint density at radius 1 is 1.29 bits per heavy atom. The van der Waals surface area contributed by atoms with Gasteiger partial charge in [-0.25, -0.2) is 10.1 Å². The number of piperazine rings is 1. The number of hydrogen-bond acceptors (Lipinski definition) is 9. The highest BCUT2D eigenvalue weighted by Crippen LogP contribution is 2.31. The molecule has 1 saturated heterocycles. The number of anilines is 2. The van der Waals surface area contributed by atoms with Gasteiger partial charge in [-0.3, -0.25) is 9.59 Å². The van der Waals surface area contributed by atoms with Crippen molar-refractivity contribution >= 4 is 17.5 Å². The second kappa shape index (κ2) is 10.5. The number of halogens is 3. The van der Waals surface area contributed by atoms with E-state index in [-0.39, 0.29) is 25.5 Å². The summed E-state index contributed by atoms with van der Waals surface area (Å²) in [6.07, 6.45) is -1.17. The molecule has 190 valence electrons. The number of carbonyl (C=O) groups is 1. The van der Waals surface area contributed by atoms with Crippen LogP contribution in [0.5, 0.6) is 5.88 Å². The smallest absolute Gasteiger partial charge is 0.423 e. The number of carbonyl (C=O) groups excluding carboxylic acids is 1. The van der Waals surface area contributed by atoms with Gasteiger partial charge in [0.1, 0.15) is 5.56 Å². The zero-order valence-electron chi connectivity index (χ0n) is 19.1. The molecule has 2 aromatic heterocycles. The van der Waals surface area contributed by atoms with Gasteiger partial charge in [-0.2, -0.15) is 23.3 Å². The third kappa shape index (κ3) is 5.99. The number of nitrogens with zero attached hydrogens (tertiary/aromatic N) is 5. The molecular weight excluding hydrogens is 471 g/mol. The number of H-pyrrole nitrogens is 1. The van der Waals surface area contributed by atoms with Gasteiger partial charge in [0.15, 0.2) is 0 Å². The first-order chi connectivity index (χ1) is 16.7. The molecule has 4 heterocycles. The fourth-order valence-electron chi connectivity index (χ4n) is 3.92. The molecule has 2 N–H and O–H groups in total. The molecule has 0 aliphatic carbocycles. The molecule has 0 saturated carbocycles. The molecule has 2 aliphatic heterocycles. The minimum atomic E-state index is -4.82. The Bertz CT molecular complexity index is 1100. The summed E-state index contributed by atoms with van der Waals surface area (Å²) in [6.45, 7) is 4.62. The Kier molecular flexibility index (Phi) is 7.38. The summed E-state index contributed by atoms with van der Waals surface area (Å²) in [5.74, 6) is 1.15. The minimum Gasteiger partial charge on any atom is -0.477 e. The number of rotatable bonds is 8. The normalized spacial score (nSPS) is 16.6. The van der Waals surface area contributed by atoms with Crippen LogP contribution in [0.2, 0.25) is 0 Å². The maximum atomic E-state index is 13.1.